The molecule has 12 unspecified atom stereocenters. The van der Waals surface area contributed by atoms with E-state index in [1.54, 1.807) is 44.9 Å². The molecule has 12 atom stereocenters. The molecule has 2 nitrogen and oxygen atoms in total. The minimum atomic E-state index is 0.0833. The van der Waals surface area contributed by atoms with Crippen molar-refractivity contribution >= 4 is 29.9 Å². The van der Waals surface area contributed by atoms with Crippen molar-refractivity contribution < 1.29 is 0 Å². The van der Waals surface area contributed by atoms with Crippen LogP contribution in [0.3, 0.4) is 0 Å². The van der Waals surface area contributed by atoms with Gasteiger partial charge in [0.2, 0.25) is 0 Å². The first kappa shape index (κ1) is 23.2. The lowest BCUT2D eigenvalue weighted by molar-refractivity contribution is 0.0316. The molecule has 7 fully saturated rings. The molecule has 1 aromatic heterocycles. The smallest absolute Gasteiger partial charge is 0.0493 e. The standard InChI is InChI=1S/C36H45N2P/c1-5-16-31-23(10-1)24-11-2-6-17-32(24)37(31)22-20-29-26-13-4-8-19-34(26)39-33-18-7-3-12-25(33)27-14-9-15-28-30(21-22)36(29)38(39)35(27)28/h1-2,5-6,10-11,16-17,22,25-30,33-36H,3-4,7-9,12-15,18-21H2. The molecule has 4 saturated carbocycles. The Kier molecular flexibility index (Phi) is 5.11. The van der Waals surface area contributed by atoms with E-state index in [0.29, 0.717) is 6.04 Å². The van der Waals surface area contributed by atoms with Gasteiger partial charge in [-0.05, 0) is 118 Å². The van der Waals surface area contributed by atoms with Crippen LogP contribution in [0.5, 0.6) is 0 Å². The highest BCUT2D eigenvalue weighted by Gasteiger charge is 2.68. The zero-order valence-corrected chi connectivity index (χ0v) is 24.4. The first-order chi connectivity index (χ1) is 19.4. The lowest BCUT2D eigenvalue weighted by Crippen LogP contribution is -2.61. The first-order valence-corrected chi connectivity index (χ1v) is 18.4. The van der Waals surface area contributed by atoms with E-state index in [0.717, 1.165) is 58.9 Å². The summed E-state index contributed by atoms with van der Waals surface area (Å²) in [5.74, 6) is 6.08. The Morgan fingerprint density at radius 3 is 1.67 bits per heavy atom. The predicted octanol–water partition coefficient (Wildman–Crippen LogP) is 9.37. The largest absolute Gasteiger partial charge is 0.337 e. The number of fused-ring (bicyclic) bond motifs is 10. The van der Waals surface area contributed by atoms with Crippen LogP contribution in [-0.4, -0.2) is 32.6 Å². The Morgan fingerprint density at radius 1 is 0.513 bits per heavy atom. The molecule has 4 aliphatic carbocycles. The summed E-state index contributed by atoms with van der Waals surface area (Å²) in [5, 5.41) is 2.95. The Labute approximate surface area is 235 Å². The highest BCUT2D eigenvalue weighted by atomic mass is 31.1. The van der Waals surface area contributed by atoms with Gasteiger partial charge in [-0.2, -0.15) is 0 Å². The van der Waals surface area contributed by atoms with Crippen molar-refractivity contribution in [2.45, 2.75) is 113 Å². The van der Waals surface area contributed by atoms with Crippen LogP contribution in [0.25, 0.3) is 21.8 Å². The molecule has 0 N–H and O–H groups in total. The molecule has 3 aromatic rings. The molecule has 0 amide bonds. The molecule has 39 heavy (non-hydrogen) atoms. The fourth-order valence-corrected chi connectivity index (χ4v) is 17.6. The fraction of sp³-hybridized carbons (Fsp3) is 0.667. The van der Waals surface area contributed by atoms with E-state index in [9.17, 15) is 0 Å². The monoisotopic (exact) mass is 536 g/mol. The van der Waals surface area contributed by atoms with E-state index >= 15 is 0 Å². The minimum Gasteiger partial charge on any atom is -0.337 e. The normalized spacial score (nSPS) is 46.6. The molecule has 3 heteroatoms. The third-order valence-corrected chi connectivity index (χ3v) is 17.4. The van der Waals surface area contributed by atoms with E-state index in [1.165, 1.54) is 60.3 Å². The van der Waals surface area contributed by atoms with Crippen molar-refractivity contribution in [2.24, 2.45) is 35.5 Å². The maximum atomic E-state index is 3.46. The second kappa shape index (κ2) is 8.58. The molecule has 0 spiro atoms. The van der Waals surface area contributed by atoms with Gasteiger partial charge < -0.3 is 4.57 Å². The molecule has 2 aromatic carbocycles. The molecule has 7 aliphatic rings. The number of hydrogen-bond donors (Lipinski definition) is 0. The Morgan fingerprint density at radius 2 is 1.00 bits per heavy atom. The molecule has 0 radical (unpaired) electrons. The van der Waals surface area contributed by atoms with Crippen LogP contribution in [0, 0.1) is 35.5 Å². The van der Waals surface area contributed by atoms with Crippen LogP contribution in [0.1, 0.15) is 89.5 Å². The van der Waals surface area contributed by atoms with E-state index in [1.807, 2.05) is 0 Å². The molecule has 4 heterocycles. The number of nitrogens with zero attached hydrogens (tertiary/aromatic N) is 2. The van der Waals surface area contributed by atoms with Gasteiger partial charge in [-0.15, -0.1) is 0 Å². The van der Waals surface area contributed by atoms with Gasteiger partial charge >= 0.3 is 0 Å². The quantitative estimate of drug-likeness (QED) is 0.281. The SMILES string of the molecule is c1ccc2c(c1)c1ccccc1n2C1CC2C3CCCC4C5CCCCC5P5C6CCCCC6C(C1)C2N5C34. The number of benzene rings is 2. The molecule has 3 aliphatic heterocycles. The van der Waals surface area contributed by atoms with Gasteiger partial charge in [0.1, 0.15) is 0 Å². The predicted molar refractivity (Wildman–Crippen MR) is 163 cm³/mol. The maximum absolute atomic E-state index is 3.46. The topological polar surface area (TPSA) is 8.17 Å². The van der Waals surface area contributed by atoms with Crippen molar-refractivity contribution in [2.75, 3.05) is 0 Å². The Bertz CT molecular complexity index is 1370. The third kappa shape index (κ3) is 3.02. The van der Waals surface area contributed by atoms with Crippen molar-refractivity contribution in [1.29, 1.82) is 0 Å². The zero-order chi connectivity index (χ0) is 25.2. The summed E-state index contributed by atoms with van der Waals surface area (Å²) >= 11 is 0. The van der Waals surface area contributed by atoms with Gasteiger partial charge in [-0.1, -0.05) is 68.5 Å². The van der Waals surface area contributed by atoms with Crippen molar-refractivity contribution in [3.8, 4) is 0 Å². The molecular weight excluding hydrogens is 491 g/mol. The molecule has 0 bridgehead atoms. The van der Waals surface area contributed by atoms with Gasteiger partial charge in [0.15, 0.2) is 0 Å². The van der Waals surface area contributed by atoms with E-state index in [2.05, 4.69) is 57.8 Å². The molecule has 3 saturated heterocycles. The first-order valence-electron chi connectivity index (χ1n) is 16.9. The van der Waals surface area contributed by atoms with Gasteiger partial charge in [0, 0.05) is 39.9 Å². The van der Waals surface area contributed by atoms with Crippen LogP contribution in [0.4, 0.5) is 0 Å². The van der Waals surface area contributed by atoms with Crippen molar-refractivity contribution in [3.63, 3.8) is 0 Å². The van der Waals surface area contributed by atoms with Crippen LogP contribution >= 0.6 is 8.07 Å². The maximum Gasteiger partial charge on any atom is 0.0493 e. The Balaban J connectivity index is 1.14. The van der Waals surface area contributed by atoms with E-state index in [-0.39, 0.29) is 8.07 Å². The summed E-state index contributed by atoms with van der Waals surface area (Å²) < 4.78 is 6.33. The minimum absolute atomic E-state index is 0.0833. The number of hydrogen-bond acceptors (Lipinski definition) is 1. The van der Waals surface area contributed by atoms with E-state index < -0.39 is 0 Å². The van der Waals surface area contributed by atoms with Crippen LogP contribution in [0.2, 0.25) is 0 Å². The third-order valence-electron chi connectivity index (χ3n) is 13.7. The summed E-state index contributed by atoms with van der Waals surface area (Å²) in [7, 11) is 0.0833. The summed E-state index contributed by atoms with van der Waals surface area (Å²) in [6.45, 7) is 0. The Hall–Kier alpha value is -1.37. The number of aromatic nitrogens is 1. The van der Waals surface area contributed by atoms with Gasteiger partial charge in [-0.25, -0.2) is 0 Å². The average Bonchev–Trinajstić information content (AvgIpc) is 3.52. The second-order valence-corrected chi connectivity index (χ2v) is 17.4. The van der Waals surface area contributed by atoms with Crippen molar-refractivity contribution in [3.05, 3.63) is 48.5 Å². The summed E-state index contributed by atoms with van der Waals surface area (Å²) in [6.07, 6.45) is 20.0. The average molecular weight is 537 g/mol. The lowest BCUT2D eigenvalue weighted by Gasteiger charge is -2.65. The number of para-hydroxylation sites is 2. The van der Waals surface area contributed by atoms with Crippen LogP contribution < -0.4 is 0 Å². The second-order valence-electron chi connectivity index (χ2n) is 14.9. The van der Waals surface area contributed by atoms with Gasteiger partial charge in [0.05, 0.1) is 0 Å². The molecular formula is C36H45N2P. The van der Waals surface area contributed by atoms with Crippen LogP contribution in [-0.2, 0) is 0 Å². The number of rotatable bonds is 1. The fourth-order valence-electron chi connectivity index (χ4n) is 12.7. The lowest BCUT2D eigenvalue weighted by atomic mass is 9.61. The summed E-state index contributed by atoms with van der Waals surface area (Å²) in [5.41, 5.74) is 5.18. The van der Waals surface area contributed by atoms with Gasteiger partial charge in [-0.3, -0.25) is 4.67 Å². The molecule has 204 valence electrons. The van der Waals surface area contributed by atoms with E-state index in [4.69, 9.17) is 0 Å². The summed E-state index contributed by atoms with van der Waals surface area (Å²) in [6, 6.07) is 21.3. The van der Waals surface area contributed by atoms with Crippen molar-refractivity contribution in [1.82, 2.24) is 9.24 Å². The highest BCUT2D eigenvalue weighted by Crippen LogP contribution is 2.77. The van der Waals surface area contributed by atoms with Gasteiger partial charge in [0.25, 0.3) is 0 Å². The molecule has 10 rings (SSSR count). The zero-order valence-electron chi connectivity index (χ0n) is 23.5. The highest BCUT2D eigenvalue weighted by molar-refractivity contribution is 7.57. The van der Waals surface area contributed by atoms with Crippen LogP contribution in [0.15, 0.2) is 48.5 Å². The summed E-state index contributed by atoms with van der Waals surface area (Å²) in [4.78, 5) is 0.